The molecule has 2 aromatic carbocycles. The van der Waals surface area contributed by atoms with Crippen LogP contribution in [0.2, 0.25) is 0 Å². The van der Waals surface area contributed by atoms with E-state index < -0.39 is 0 Å². The van der Waals surface area contributed by atoms with E-state index in [1.165, 1.54) is 8.92 Å². The van der Waals surface area contributed by atoms with E-state index in [0.29, 0.717) is 15.0 Å². The van der Waals surface area contributed by atoms with Crippen LogP contribution in [0.5, 0.6) is 11.5 Å². The second-order valence-electron chi connectivity index (χ2n) is 3.46. The molecule has 0 atom stereocenters. The zero-order valence-corrected chi connectivity index (χ0v) is 11.6. The molecule has 0 aliphatic heterocycles. The monoisotopic (exact) mass is 294 g/mol. The summed E-state index contributed by atoms with van der Waals surface area (Å²) in [6, 6.07) is 16.4. The number of hydrogen-bond acceptors (Lipinski definition) is 2. The van der Waals surface area contributed by atoms with Crippen LogP contribution >= 0.6 is 0 Å². The van der Waals surface area contributed by atoms with Gasteiger partial charge in [-0.25, -0.2) is 0 Å². The fourth-order valence-electron chi connectivity index (χ4n) is 1.44. The van der Waals surface area contributed by atoms with Crippen LogP contribution in [0.3, 0.4) is 0 Å². The van der Waals surface area contributed by atoms with Gasteiger partial charge in [-0.1, -0.05) is 0 Å². The van der Waals surface area contributed by atoms with Crippen LogP contribution in [0.25, 0.3) is 0 Å². The molecular weight excluding hydrogens is 279 g/mol. The SMILES string of the molecule is COc1ccc([Se]c2cccc(OC)c2)cc1. The van der Waals surface area contributed by atoms with Gasteiger partial charge in [0.15, 0.2) is 0 Å². The minimum absolute atomic E-state index is 0.306. The van der Waals surface area contributed by atoms with E-state index >= 15 is 0 Å². The second kappa shape index (κ2) is 5.76. The van der Waals surface area contributed by atoms with Crippen LogP contribution < -0.4 is 18.4 Å². The number of rotatable bonds is 4. The van der Waals surface area contributed by atoms with Gasteiger partial charge in [-0.15, -0.1) is 0 Å². The number of hydrogen-bond donors (Lipinski definition) is 0. The normalized spacial score (nSPS) is 10.0. The molecule has 3 heteroatoms. The summed E-state index contributed by atoms with van der Waals surface area (Å²) in [5.41, 5.74) is 0. The van der Waals surface area contributed by atoms with Crippen molar-refractivity contribution in [2.24, 2.45) is 0 Å². The zero-order valence-electron chi connectivity index (χ0n) is 9.84. The zero-order chi connectivity index (χ0) is 12.1. The molecule has 0 amide bonds. The van der Waals surface area contributed by atoms with Crippen LogP contribution in [0, 0.1) is 0 Å². The Morgan fingerprint density at radius 2 is 1.47 bits per heavy atom. The first-order valence-corrected chi connectivity index (χ1v) is 6.99. The Hall–Kier alpha value is -1.44. The van der Waals surface area contributed by atoms with Gasteiger partial charge in [0.05, 0.1) is 0 Å². The van der Waals surface area contributed by atoms with Crippen molar-refractivity contribution in [3.8, 4) is 11.5 Å². The molecule has 0 unspecified atom stereocenters. The van der Waals surface area contributed by atoms with E-state index in [1.54, 1.807) is 14.2 Å². The van der Waals surface area contributed by atoms with Crippen molar-refractivity contribution in [1.29, 1.82) is 0 Å². The number of methoxy groups -OCH3 is 2. The average Bonchev–Trinajstić information content (AvgIpc) is 2.40. The summed E-state index contributed by atoms with van der Waals surface area (Å²) < 4.78 is 13.0. The summed E-state index contributed by atoms with van der Waals surface area (Å²) in [5.74, 6) is 1.81. The Kier molecular flexibility index (Phi) is 4.07. The molecule has 0 heterocycles. The molecule has 0 aliphatic carbocycles. The van der Waals surface area contributed by atoms with Crippen molar-refractivity contribution >= 4 is 23.9 Å². The Labute approximate surface area is 108 Å². The maximum atomic E-state index is 5.22. The van der Waals surface area contributed by atoms with Crippen molar-refractivity contribution in [3.05, 3.63) is 48.5 Å². The van der Waals surface area contributed by atoms with E-state index in [0.717, 1.165) is 11.5 Å². The predicted molar refractivity (Wildman–Crippen MR) is 71.0 cm³/mol. The van der Waals surface area contributed by atoms with E-state index in [2.05, 4.69) is 24.3 Å². The van der Waals surface area contributed by atoms with E-state index in [1.807, 2.05) is 24.3 Å². The third-order valence-electron chi connectivity index (χ3n) is 2.34. The van der Waals surface area contributed by atoms with E-state index in [-0.39, 0.29) is 0 Å². The van der Waals surface area contributed by atoms with Gasteiger partial charge in [0, 0.05) is 0 Å². The van der Waals surface area contributed by atoms with E-state index in [9.17, 15) is 0 Å². The first-order valence-electron chi connectivity index (χ1n) is 5.28. The van der Waals surface area contributed by atoms with Gasteiger partial charge in [0.1, 0.15) is 0 Å². The van der Waals surface area contributed by atoms with Gasteiger partial charge in [-0.2, -0.15) is 0 Å². The number of ether oxygens (including phenoxy) is 2. The Balaban J connectivity index is 2.13. The quantitative estimate of drug-likeness (QED) is 0.793. The Morgan fingerprint density at radius 3 is 2.12 bits per heavy atom. The molecule has 0 spiro atoms. The van der Waals surface area contributed by atoms with Crippen molar-refractivity contribution in [1.82, 2.24) is 0 Å². The Morgan fingerprint density at radius 1 is 0.765 bits per heavy atom. The topological polar surface area (TPSA) is 18.5 Å². The minimum atomic E-state index is 0.306. The summed E-state index contributed by atoms with van der Waals surface area (Å²) in [7, 11) is 3.38. The molecule has 2 rings (SSSR count). The van der Waals surface area contributed by atoms with Gasteiger partial charge in [-0.3, -0.25) is 0 Å². The molecule has 88 valence electrons. The Bertz CT molecular complexity index is 480. The third kappa shape index (κ3) is 3.26. The first-order chi connectivity index (χ1) is 8.31. The van der Waals surface area contributed by atoms with Gasteiger partial charge >= 0.3 is 108 Å². The first kappa shape index (κ1) is 12.0. The van der Waals surface area contributed by atoms with Crippen molar-refractivity contribution < 1.29 is 9.47 Å². The number of benzene rings is 2. The van der Waals surface area contributed by atoms with E-state index in [4.69, 9.17) is 9.47 Å². The van der Waals surface area contributed by atoms with Crippen molar-refractivity contribution in [2.45, 2.75) is 0 Å². The van der Waals surface area contributed by atoms with Crippen LogP contribution in [-0.2, 0) is 0 Å². The van der Waals surface area contributed by atoms with Crippen LogP contribution in [0.1, 0.15) is 0 Å². The van der Waals surface area contributed by atoms with Gasteiger partial charge < -0.3 is 0 Å². The standard InChI is InChI=1S/C14H14O2Se/c1-15-11-6-8-13(9-7-11)17-14-5-3-4-12(10-14)16-2/h3-10H,1-2H3. The molecule has 0 fully saturated rings. The van der Waals surface area contributed by atoms with Crippen LogP contribution in [0.15, 0.2) is 48.5 Å². The van der Waals surface area contributed by atoms with Crippen LogP contribution in [0.4, 0.5) is 0 Å². The summed E-state index contributed by atoms with van der Waals surface area (Å²) in [4.78, 5) is 0. The van der Waals surface area contributed by atoms with Crippen molar-refractivity contribution in [3.63, 3.8) is 0 Å². The molecule has 0 radical (unpaired) electrons. The summed E-state index contributed by atoms with van der Waals surface area (Å²) in [5, 5.41) is 0. The second-order valence-corrected chi connectivity index (χ2v) is 5.86. The molecule has 0 bridgehead atoms. The summed E-state index contributed by atoms with van der Waals surface area (Å²) in [6.07, 6.45) is 0. The maximum absolute atomic E-state index is 5.22. The summed E-state index contributed by atoms with van der Waals surface area (Å²) >= 11 is 0.306. The molecule has 0 aliphatic rings. The molecule has 0 saturated carbocycles. The molecule has 2 nitrogen and oxygen atoms in total. The predicted octanol–water partition coefficient (Wildman–Crippen LogP) is 1.36. The molecule has 2 aromatic rings. The average molecular weight is 293 g/mol. The van der Waals surface area contributed by atoms with Crippen molar-refractivity contribution in [2.75, 3.05) is 14.2 Å². The molecule has 0 N–H and O–H groups in total. The van der Waals surface area contributed by atoms with Gasteiger partial charge in [0.25, 0.3) is 0 Å². The third-order valence-corrected chi connectivity index (χ3v) is 4.43. The fourth-order valence-corrected chi connectivity index (χ4v) is 3.26. The van der Waals surface area contributed by atoms with Gasteiger partial charge in [0.2, 0.25) is 0 Å². The van der Waals surface area contributed by atoms with Gasteiger partial charge in [-0.05, 0) is 0 Å². The summed E-state index contributed by atoms with van der Waals surface area (Å²) in [6.45, 7) is 0. The molecule has 0 aromatic heterocycles. The molecule has 0 saturated heterocycles. The molecular formula is C14H14O2Se. The van der Waals surface area contributed by atoms with Crippen LogP contribution in [-0.4, -0.2) is 29.2 Å². The molecule has 17 heavy (non-hydrogen) atoms. The fraction of sp³-hybridized carbons (Fsp3) is 0.143.